The number of benzene rings is 2. The molecule has 0 aliphatic carbocycles. The number of nitro groups is 1. The van der Waals surface area contributed by atoms with Crippen LogP contribution in [-0.4, -0.2) is 56.5 Å². The van der Waals surface area contributed by atoms with Crippen molar-refractivity contribution < 1.29 is 22.8 Å². The average Bonchev–Trinajstić information content (AvgIpc) is 2.86. The van der Waals surface area contributed by atoms with Crippen LogP contribution in [0.2, 0.25) is 0 Å². The van der Waals surface area contributed by atoms with Crippen molar-refractivity contribution in [1.82, 2.24) is 4.31 Å². The Hall–Kier alpha value is -2.85. The third kappa shape index (κ3) is 5.28. The van der Waals surface area contributed by atoms with E-state index in [0.717, 1.165) is 19.3 Å². The Labute approximate surface area is 200 Å². The zero-order valence-corrected chi connectivity index (χ0v) is 20.2. The molecule has 0 amide bonds. The van der Waals surface area contributed by atoms with E-state index < -0.39 is 14.9 Å². The molecule has 0 aromatic heterocycles. The normalized spacial score (nSPS) is 18.0. The summed E-state index contributed by atoms with van der Waals surface area (Å²) in [5, 5.41) is 11.9. The summed E-state index contributed by atoms with van der Waals surface area (Å²) in [6.45, 7) is 4.52. The van der Waals surface area contributed by atoms with Gasteiger partial charge < -0.3 is 14.4 Å². The summed E-state index contributed by atoms with van der Waals surface area (Å²) in [4.78, 5) is 13.3. The maximum atomic E-state index is 13.0. The predicted octanol–water partition coefficient (Wildman–Crippen LogP) is 4.22. The number of nitro benzene ring substituents is 1. The molecular weight excluding hydrogens is 458 g/mol. The first kappa shape index (κ1) is 24.3. The van der Waals surface area contributed by atoms with E-state index in [2.05, 4.69) is 0 Å². The molecule has 0 N–H and O–H groups in total. The van der Waals surface area contributed by atoms with Crippen LogP contribution in [0.4, 0.5) is 11.4 Å². The van der Waals surface area contributed by atoms with Crippen LogP contribution < -0.4 is 14.4 Å². The van der Waals surface area contributed by atoms with Gasteiger partial charge in [-0.05, 0) is 44.0 Å². The van der Waals surface area contributed by atoms with Gasteiger partial charge in [0.25, 0.3) is 5.69 Å². The highest BCUT2D eigenvalue weighted by atomic mass is 32.2. The van der Waals surface area contributed by atoms with Crippen LogP contribution in [0.1, 0.15) is 39.0 Å². The van der Waals surface area contributed by atoms with Crippen molar-refractivity contribution >= 4 is 21.4 Å². The van der Waals surface area contributed by atoms with E-state index in [-0.39, 0.29) is 16.7 Å². The number of para-hydroxylation sites is 2. The number of piperidine rings is 2. The van der Waals surface area contributed by atoms with Crippen molar-refractivity contribution in [2.45, 2.75) is 50.0 Å². The van der Waals surface area contributed by atoms with Crippen LogP contribution in [0.3, 0.4) is 0 Å². The fourth-order valence-electron chi connectivity index (χ4n) is 4.55. The van der Waals surface area contributed by atoms with E-state index in [1.807, 2.05) is 36.1 Å². The third-order valence-electron chi connectivity index (χ3n) is 6.32. The molecule has 10 heteroatoms. The summed E-state index contributed by atoms with van der Waals surface area (Å²) >= 11 is 0. The second-order valence-electron chi connectivity index (χ2n) is 8.56. The minimum atomic E-state index is -3.74. The molecule has 0 spiro atoms. The molecule has 2 aromatic carbocycles. The van der Waals surface area contributed by atoms with Gasteiger partial charge in [0.05, 0.1) is 16.4 Å². The van der Waals surface area contributed by atoms with Gasteiger partial charge in [-0.25, -0.2) is 8.42 Å². The van der Waals surface area contributed by atoms with Gasteiger partial charge in [0.1, 0.15) is 11.8 Å². The molecule has 2 saturated heterocycles. The number of ether oxygens (including phenoxy) is 2. The molecule has 0 radical (unpaired) electrons. The molecule has 184 valence electrons. The average molecular weight is 490 g/mol. The highest BCUT2D eigenvalue weighted by Gasteiger charge is 2.31. The van der Waals surface area contributed by atoms with E-state index >= 15 is 0 Å². The van der Waals surface area contributed by atoms with Gasteiger partial charge in [-0.2, -0.15) is 4.31 Å². The summed E-state index contributed by atoms with van der Waals surface area (Å²) in [6, 6.07) is 11.8. The minimum absolute atomic E-state index is 0.0180. The van der Waals surface area contributed by atoms with Gasteiger partial charge in [0.15, 0.2) is 11.5 Å². The first-order valence-electron chi connectivity index (χ1n) is 11.8. The second-order valence-corrected chi connectivity index (χ2v) is 10.5. The van der Waals surface area contributed by atoms with E-state index in [0.29, 0.717) is 62.8 Å². The first-order chi connectivity index (χ1) is 16.4. The van der Waals surface area contributed by atoms with Crippen molar-refractivity contribution in [3.05, 3.63) is 52.6 Å². The first-order valence-corrected chi connectivity index (χ1v) is 13.3. The summed E-state index contributed by atoms with van der Waals surface area (Å²) in [5.74, 6) is 1.40. The van der Waals surface area contributed by atoms with Gasteiger partial charge in [-0.3, -0.25) is 10.1 Å². The monoisotopic (exact) mass is 489 g/mol. The molecule has 2 heterocycles. The summed E-state index contributed by atoms with van der Waals surface area (Å²) in [6.07, 6.45) is 3.96. The Kier molecular flexibility index (Phi) is 7.57. The molecule has 0 atom stereocenters. The molecule has 0 bridgehead atoms. The SMILES string of the molecule is CCOc1ccccc1OC1CCN(c2ccc(S(=O)(=O)N3CCCCC3)cc2[N+](=O)[O-])CC1. The highest BCUT2D eigenvalue weighted by molar-refractivity contribution is 7.89. The van der Waals surface area contributed by atoms with Crippen LogP contribution >= 0.6 is 0 Å². The molecular formula is C24H31N3O6S. The molecule has 0 saturated carbocycles. The Morgan fingerprint density at radius 1 is 1.00 bits per heavy atom. The zero-order chi connectivity index (χ0) is 24.1. The maximum Gasteiger partial charge on any atom is 0.293 e. The fraction of sp³-hybridized carbons (Fsp3) is 0.500. The number of hydrogen-bond acceptors (Lipinski definition) is 7. The molecule has 0 unspecified atom stereocenters. The van der Waals surface area contributed by atoms with Crippen molar-refractivity contribution in [1.29, 1.82) is 0 Å². The van der Waals surface area contributed by atoms with Crippen molar-refractivity contribution in [3.63, 3.8) is 0 Å². The van der Waals surface area contributed by atoms with Crippen LogP contribution in [0.25, 0.3) is 0 Å². The largest absolute Gasteiger partial charge is 0.490 e. The van der Waals surface area contributed by atoms with E-state index in [9.17, 15) is 18.5 Å². The van der Waals surface area contributed by atoms with Gasteiger partial charge in [-0.1, -0.05) is 18.6 Å². The zero-order valence-electron chi connectivity index (χ0n) is 19.4. The summed E-state index contributed by atoms with van der Waals surface area (Å²) in [5.41, 5.74) is 0.259. The molecule has 2 fully saturated rings. The maximum absolute atomic E-state index is 13.0. The number of hydrogen-bond donors (Lipinski definition) is 0. The van der Waals surface area contributed by atoms with Crippen molar-refractivity contribution in [3.8, 4) is 11.5 Å². The third-order valence-corrected chi connectivity index (χ3v) is 8.22. The lowest BCUT2D eigenvalue weighted by Crippen LogP contribution is -2.38. The standard InChI is InChI=1S/C24H31N3O6S/c1-2-32-23-8-4-5-9-24(23)33-19-12-16-25(17-13-19)21-11-10-20(18-22(21)27(28)29)34(30,31)26-14-6-3-7-15-26/h4-5,8-11,18-19H,2-3,6-7,12-17H2,1H3. The highest BCUT2D eigenvalue weighted by Crippen LogP contribution is 2.35. The number of nitrogens with zero attached hydrogens (tertiary/aromatic N) is 3. The topological polar surface area (TPSA) is 102 Å². The number of rotatable bonds is 8. The Balaban J connectivity index is 1.47. The summed E-state index contributed by atoms with van der Waals surface area (Å²) in [7, 11) is -3.74. The van der Waals surface area contributed by atoms with Gasteiger partial charge in [0, 0.05) is 45.1 Å². The van der Waals surface area contributed by atoms with Crippen LogP contribution in [-0.2, 0) is 10.0 Å². The Morgan fingerprint density at radius 3 is 2.32 bits per heavy atom. The minimum Gasteiger partial charge on any atom is -0.490 e. The number of anilines is 1. The van der Waals surface area contributed by atoms with Crippen molar-refractivity contribution in [2.24, 2.45) is 0 Å². The molecule has 2 aliphatic rings. The molecule has 34 heavy (non-hydrogen) atoms. The molecule has 2 aliphatic heterocycles. The lowest BCUT2D eigenvalue weighted by atomic mass is 10.1. The van der Waals surface area contributed by atoms with Crippen molar-refractivity contribution in [2.75, 3.05) is 37.7 Å². The molecule has 9 nitrogen and oxygen atoms in total. The predicted molar refractivity (Wildman–Crippen MR) is 129 cm³/mol. The lowest BCUT2D eigenvalue weighted by molar-refractivity contribution is -0.384. The summed E-state index contributed by atoms with van der Waals surface area (Å²) < 4.78 is 39.2. The van der Waals surface area contributed by atoms with E-state index in [1.54, 1.807) is 6.07 Å². The van der Waals surface area contributed by atoms with Gasteiger partial charge in [-0.15, -0.1) is 0 Å². The quantitative estimate of drug-likeness (QED) is 0.404. The van der Waals surface area contributed by atoms with Gasteiger partial charge >= 0.3 is 0 Å². The lowest BCUT2D eigenvalue weighted by Gasteiger charge is -2.33. The van der Waals surface area contributed by atoms with Crippen LogP contribution in [0.15, 0.2) is 47.4 Å². The molecule has 2 aromatic rings. The molecule has 4 rings (SSSR count). The van der Waals surface area contributed by atoms with E-state index in [4.69, 9.17) is 9.47 Å². The van der Waals surface area contributed by atoms with Crippen LogP contribution in [0.5, 0.6) is 11.5 Å². The van der Waals surface area contributed by atoms with E-state index in [1.165, 1.54) is 16.4 Å². The Bertz CT molecular complexity index is 1110. The number of sulfonamides is 1. The van der Waals surface area contributed by atoms with Crippen LogP contribution in [0, 0.1) is 10.1 Å². The Morgan fingerprint density at radius 2 is 1.68 bits per heavy atom. The smallest absolute Gasteiger partial charge is 0.293 e. The second kappa shape index (κ2) is 10.6. The van der Waals surface area contributed by atoms with Gasteiger partial charge in [0.2, 0.25) is 10.0 Å². The fourth-order valence-corrected chi connectivity index (χ4v) is 6.09.